The molecule has 3 N–H and O–H groups in total. The fraction of sp³-hybridized carbons (Fsp3) is 0.600. The first-order chi connectivity index (χ1) is 8.79. The number of rotatable bonds is 9. The van der Waals surface area contributed by atoms with Crippen molar-refractivity contribution < 1.29 is 15.2 Å². The molecular weight excluding hydrogens is 226 g/mol. The molecule has 0 unspecified atom stereocenters. The third kappa shape index (κ3) is 5.07. The van der Waals surface area contributed by atoms with Crippen molar-refractivity contribution in [2.24, 2.45) is 0 Å². The second-order valence-corrected chi connectivity index (χ2v) is 4.64. The van der Waals surface area contributed by atoms with E-state index in [4.69, 9.17) is 9.84 Å². The van der Waals surface area contributed by atoms with E-state index in [0.29, 0.717) is 5.92 Å². The van der Waals surface area contributed by atoms with E-state index in [1.54, 1.807) is 0 Å². The van der Waals surface area contributed by atoms with Crippen LogP contribution in [0.2, 0.25) is 0 Å². The Bertz CT molecular complexity index is 328. The van der Waals surface area contributed by atoms with Gasteiger partial charge in [-0.15, -0.1) is 0 Å². The van der Waals surface area contributed by atoms with Gasteiger partial charge in [0.1, 0.15) is 5.75 Å². The van der Waals surface area contributed by atoms with Crippen molar-refractivity contribution in [3.63, 3.8) is 0 Å². The molecule has 1 aromatic rings. The Kier molecular flexibility index (Phi) is 7.46. The van der Waals surface area contributed by atoms with Crippen LogP contribution in [0, 0.1) is 0 Å². The van der Waals surface area contributed by atoms with Gasteiger partial charge in [-0.2, -0.15) is 0 Å². The van der Waals surface area contributed by atoms with Gasteiger partial charge < -0.3 is 15.2 Å². The van der Waals surface area contributed by atoms with Crippen LogP contribution in [0.1, 0.15) is 38.2 Å². The smallest absolute Gasteiger partial charge is 0.122 e. The lowest BCUT2D eigenvalue weighted by Crippen LogP contribution is -2.85. The first-order valence-corrected chi connectivity index (χ1v) is 6.93. The highest BCUT2D eigenvalue weighted by molar-refractivity contribution is 5.35. The van der Waals surface area contributed by atoms with Crippen LogP contribution < -0.4 is 10.1 Å². The predicted molar refractivity (Wildman–Crippen MR) is 74.0 cm³/mol. The van der Waals surface area contributed by atoms with Crippen molar-refractivity contribution >= 4 is 0 Å². The number of ether oxygens (including phenoxy) is 1. The highest BCUT2D eigenvalue weighted by atomic mass is 16.5. The Morgan fingerprint density at radius 2 is 2.06 bits per heavy atom. The molecule has 1 rings (SSSR count). The zero-order valence-electron chi connectivity index (χ0n) is 11.6. The first kappa shape index (κ1) is 15.0. The van der Waals surface area contributed by atoms with E-state index < -0.39 is 0 Å². The van der Waals surface area contributed by atoms with Crippen molar-refractivity contribution in [2.75, 3.05) is 26.3 Å². The van der Waals surface area contributed by atoms with Gasteiger partial charge in [-0.05, 0) is 24.0 Å². The topological polar surface area (TPSA) is 46.1 Å². The van der Waals surface area contributed by atoms with Gasteiger partial charge in [-0.25, -0.2) is 0 Å². The third-order valence-electron chi connectivity index (χ3n) is 3.21. The van der Waals surface area contributed by atoms with E-state index in [9.17, 15) is 0 Å². The van der Waals surface area contributed by atoms with Crippen molar-refractivity contribution in [3.05, 3.63) is 29.8 Å². The van der Waals surface area contributed by atoms with Crippen molar-refractivity contribution in [2.45, 2.75) is 32.6 Å². The zero-order valence-corrected chi connectivity index (χ0v) is 11.6. The van der Waals surface area contributed by atoms with E-state index in [0.717, 1.165) is 38.3 Å². The van der Waals surface area contributed by atoms with E-state index in [1.165, 1.54) is 5.56 Å². The number of aliphatic hydroxyl groups excluding tert-OH is 1. The molecule has 1 aromatic carbocycles. The maximum absolute atomic E-state index is 8.66. The van der Waals surface area contributed by atoms with Crippen LogP contribution in [0.4, 0.5) is 0 Å². The molecule has 0 aliphatic rings. The maximum Gasteiger partial charge on any atom is 0.122 e. The number of quaternary nitrogens is 1. The molecule has 3 nitrogen and oxygen atoms in total. The lowest BCUT2D eigenvalue weighted by Gasteiger charge is -2.15. The molecule has 0 spiro atoms. The summed E-state index contributed by atoms with van der Waals surface area (Å²) >= 11 is 0. The summed E-state index contributed by atoms with van der Waals surface area (Å²) in [6.07, 6.45) is 2.14. The summed E-state index contributed by atoms with van der Waals surface area (Å²) in [5.41, 5.74) is 1.30. The Morgan fingerprint density at radius 1 is 1.28 bits per heavy atom. The normalized spacial score (nSPS) is 12.4. The van der Waals surface area contributed by atoms with Gasteiger partial charge in [0, 0.05) is 6.42 Å². The average molecular weight is 252 g/mol. The van der Waals surface area contributed by atoms with Crippen LogP contribution in [-0.2, 0) is 0 Å². The first-order valence-electron chi connectivity index (χ1n) is 6.93. The lowest BCUT2D eigenvalue weighted by atomic mass is 9.98. The van der Waals surface area contributed by atoms with Crippen LogP contribution in [0.3, 0.4) is 0 Å². The average Bonchev–Trinajstić information content (AvgIpc) is 2.42. The summed E-state index contributed by atoms with van der Waals surface area (Å²) in [5.74, 6) is 1.57. The van der Waals surface area contributed by atoms with Crippen LogP contribution in [0.25, 0.3) is 0 Å². The molecule has 0 saturated carbocycles. The molecule has 0 bridgehead atoms. The van der Waals surface area contributed by atoms with Crippen LogP contribution in [-0.4, -0.2) is 31.4 Å². The van der Waals surface area contributed by atoms with Gasteiger partial charge in [0.05, 0.1) is 26.3 Å². The molecule has 1 atom stereocenters. The molecule has 3 heteroatoms. The predicted octanol–water partition coefficient (Wildman–Crippen LogP) is 1.52. The van der Waals surface area contributed by atoms with Gasteiger partial charge in [-0.3, -0.25) is 0 Å². The minimum absolute atomic E-state index is 0.248. The Labute approximate surface area is 110 Å². The molecule has 102 valence electrons. The van der Waals surface area contributed by atoms with Crippen LogP contribution in [0.15, 0.2) is 24.3 Å². The van der Waals surface area contributed by atoms with Crippen LogP contribution >= 0.6 is 0 Å². The van der Waals surface area contributed by atoms with E-state index >= 15 is 0 Å². The maximum atomic E-state index is 8.66. The molecule has 18 heavy (non-hydrogen) atoms. The van der Waals surface area contributed by atoms with Gasteiger partial charge in [-0.1, -0.05) is 32.0 Å². The summed E-state index contributed by atoms with van der Waals surface area (Å²) in [6, 6.07) is 8.31. The molecule has 0 fully saturated rings. The molecule has 0 saturated heterocycles. The number of nitrogens with two attached hydrogens (primary N) is 1. The summed E-state index contributed by atoms with van der Waals surface area (Å²) in [5, 5.41) is 10.8. The minimum atomic E-state index is 0.248. The van der Waals surface area contributed by atoms with Crippen LogP contribution in [0.5, 0.6) is 5.75 Å². The summed E-state index contributed by atoms with van der Waals surface area (Å²) < 4.78 is 5.86. The SMILES string of the molecule is CC[C@H](C)c1ccccc1OCCC[NH2+]CCO. The number of aliphatic hydroxyl groups is 1. The zero-order chi connectivity index (χ0) is 13.2. The van der Waals surface area contributed by atoms with Gasteiger partial charge in [0.15, 0.2) is 0 Å². The minimum Gasteiger partial charge on any atom is -0.493 e. The summed E-state index contributed by atoms with van der Waals surface area (Å²) in [7, 11) is 0. The molecule has 0 amide bonds. The fourth-order valence-electron chi connectivity index (χ4n) is 1.88. The Morgan fingerprint density at radius 3 is 2.78 bits per heavy atom. The number of para-hydroxylation sites is 1. The summed E-state index contributed by atoms with van der Waals surface area (Å²) in [6.45, 7) is 7.21. The second kappa shape index (κ2) is 8.95. The van der Waals surface area contributed by atoms with Crippen molar-refractivity contribution in [1.82, 2.24) is 0 Å². The fourth-order valence-corrected chi connectivity index (χ4v) is 1.88. The number of benzene rings is 1. The standard InChI is InChI=1S/C15H25NO2/c1-3-13(2)14-7-4-5-8-15(14)18-12-6-9-16-10-11-17/h4-5,7-8,13,16-17H,3,6,9-12H2,1-2H3/p+1/t13-/m0/s1. The quantitative estimate of drug-likeness (QED) is 0.655. The van der Waals surface area contributed by atoms with E-state index in [-0.39, 0.29) is 6.61 Å². The summed E-state index contributed by atoms with van der Waals surface area (Å²) in [4.78, 5) is 0. The molecule has 0 aromatic heterocycles. The van der Waals surface area contributed by atoms with E-state index in [2.05, 4.69) is 37.4 Å². The molecule has 0 aliphatic heterocycles. The second-order valence-electron chi connectivity index (χ2n) is 4.64. The number of hydrogen-bond donors (Lipinski definition) is 2. The molecule has 0 aliphatic carbocycles. The molecular formula is C15H26NO2+. The van der Waals surface area contributed by atoms with Crippen molar-refractivity contribution in [3.8, 4) is 5.75 Å². The molecule has 0 radical (unpaired) electrons. The highest BCUT2D eigenvalue weighted by Crippen LogP contribution is 2.28. The lowest BCUT2D eigenvalue weighted by molar-refractivity contribution is -0.656. The number of hydrogen-bond acceptors (Lipinski definition) is 2. The Hall–Kier alpha value is -1.06. The van der Waals surface area contributed by atoms with Gasteiger partial charge >= 0.3 is 0 Å². The van der Waals surface area contributed by atoms with Gasteiger partial charge in [0.25, 0.3) is 0 Å². The van der Waals surface area contributed by atoms with Gasteiger partial charge in [0.2, 0.25) is 0 Å². The Balaban J connectivity index is 2.37. The molecule has 0 heterocycles. The highest BCUT2D eigenvalue weighted by Gasteiger charge is 2.09. The van der Waals surface area contributed by atoms with E-state index in [1.807, 2.05) is 6.07 Å². The largest absolute Gasteiger partial charge is 0.493 e. The monoisotopic (exact) mass is 252 g/mol. The third-order valence-corrected chi connectivity index (χ3v) is 3.21. The van der Waals surface area contributed by atoms with Crippen molar-refractivity contribution in [1.29, 1.82) is 0 Å².